The van der Waals surface area contributed by atoms with E-state index < -0.39 is 11.5 Å². The van der Waals surface area contributed by atoms with Crippen LogP contribution in [-0.4, -0.2) is 41.9 Å². The van der Waals surface area contributed by atoms with Crippen molar-refractivity contribution < 1.29 is 9.18 Å². The molecule has 4 aromatic rings. The van der Waals surface area contributed by atoms with Gasteiger partial charge in [0, 0.05) is 29.8 Å². The van der Waals surface area contributed by atoms with Crippen molar-refractivity contribution in [2.24, 2.45) is 11.8 Å². The summed E-state index contributed by atoms with van der Waals surface area (Å²) in [6.45, 7) is 0. The van der Waals surface area contributed by atoms with Gasteiger partial charge < -0.3 is 5.73 Å². The largest absolute Gasteiger partial charge is 0.383 e. The Morgan fingerprint density at radius 2 is 2.03 bits per heavy atom. The van der Waals surface area contributed by atoms with E-state index in [0.29, 0.717) is 23.5 Å². The van der Waals surface area contributed by atoms with E-state index in [0.717, 1.165) is 16.6 Å². The molecular weight excluding hydrogens is 439 g/mol. The third-order valence-electron chi connectivity index (χ3n) is 6.46. The van der Waals surface area contributed by atoms with Crippen LogP contribution in [-0.2, 0) is 11.2 Å². The van der Waals surface area contributed by atoms with Gasteiger partial charge in [-0.1, -0.05) is 6.07 Å². The minimum Gasteiger partial charge on any atom is -0.383 e. The van der Waals surface area contributed by atoms with Crippen LogP contribution in [0.2, 0.25) is 0 Å². The minimum atomic E-state index is -0.657. The number of piperidine rings is 1. The molecule has 1 aliphatic heterocycles. The summed E-state index contributed by atoms with van der Waals surface area (Å²) in [5.74, 6) is 0.115. The van der Waals surface area contributed by atoms with Crippen molar-refractivity contribution in [2.45, 2.75) is 18.9 Å². The van der Waals surface area contributed by atoms with Crippen LogP contribution in [0.4, 0.5) is 16.0 Å². The molecule has 4 heterocycles. The van der Waals surface area contributed by atoms with Crippen molar-refractivity contribution in [3.8, 4) is 16.9 Å². The van der Waals surface area contributed by atoms with Gasteiger partial charge in [-0.05, 0) is 48.6 Å². The molecule has 3 aromatic heterocycles. The zero-order valence-electron chi connectivity index (χ0n) is 17.8. The first-order valence-electron chi connectivity index (χ1n) is 10.8. The second-order valence-corrected chi connectivity index (χ2v) is 8.55. The summed E-state index contributed by atoms with van der Waals surface area (Å²) in [6.07, 6.45) is 5.90. The summed E-state index contributed by atoms with van der Waals surface area (Å²) in [4.78, 5) is 30.7. The van der Waals surface area contributed by atoms with Gasteiger partial charge in [0.15, 0.2) is 0 Å². The van der Waals surface area contributed by atoms with Gasteiger partial charge in [-0.25, -0.2) is 9.18 Å². The van der Waals surface area contributed by atoms with E-state index in [1.807, 2.05) is 6.07 Å². The maximum atomic E-state index is 14.9. The first-order valence-corrected chi connectivity index (χ1v) is 10.8. The molecule has 34 heavy (non-hydrogen) atoms. The van der Waals surface area contributed by atoms with E-state index in [4.69, 9.17) is 5.73 Å². The number of benzene rings is 1. The van der Waals surface area contributed by atoms with E-state index in [1.165, 1.54) is 24.4 Å². The smallest absolute Gasteiger partial charge is 0.354 e. The first-order chi connectivity index (χ1) is 16.5. The molecule has 1 amide bonds. The molecule has 1 aromatic carbocycles. The average Bonchev–Trinajstić information content (AvgIpc) is 3.34. The number of nitrogens with two attached hydrogens (primary N) is 1. The standard InChI is InChI=1S/C23H19FN8O2/c24-16-8-12(1-2-18(16)31-6-4-20(25)28-23(31)34)7-15-14-9-19(14)32(22(15)33)21-10-17(29-30-21)13-3-5-26-27-11-13/h1-6,8,10-11,14-15,19H,7,9H2,(H,29,30)(H2,25,28,34). The molecule has 0 bridgehead atoms. The van der Waals surface area contributed by atoms with E-state index in [2.05, 4.69) is 25.4 Å². The second-order valence-electron chi connectivity index (χ2n) is 8.55. The van der Waals surface area contributed by atoms with Crippen LogP contribution in [0.1, 0.15) is 12.0 Å². The number of H-pyrrole nitrogens is 1. The van der Waals surface area contributed by atoms with Crippen LogP contribution in [0.3, 0.4) is 0 Å². The number of nitrogens with zero attached hydrogens (tertiary/aromatic N) is 6. The molecule has 0 spiro atoms. The lowest BCUT2D eigenvalue weighted by molar-refractivity contribution is -0.121. The second kappa shape index (κ2) is 7.58. The van der Waals surface area contributed by atoms with Gasteiger partial charge in [-0.3, -0.25) is 19.4 Å². The number of aromatic amines is 1. The SMILES string of the molecule is Nc1ccn(-c2ccc(CC3C(=O)N(c4cc(-c5ccnnc5)n[nH]4)C4CC34)cc2F)c(=O)n1. The molecule has 3 N–H and O–H groups in total. The van der Waals surface area contributed by atoms with Crippen molar-refractivity contribution in [1.29, 1.82) is 0 Å². The van der Waals surface area contributed by atoms with Gasteiger partial charge in [0.25, 0.3) is 0 Å². The number of carbonyl (C=O) groups is 1. The molecule has 1 aliphatic carbocycles. The zero-order chi connectivity index (χ0) is 23.4. The number of nitrogen functional groups attached to an aromatic ring is 1. The molecule has 1 saturated heterocycles. The molecule has 11 heteroatoms. The normalized spacial score (nSPS) is 21.0. The highest BCUT2D eigenvalue weighted by Crippen LogP contribution is 2.51. The van der Waals surface area contributed by atoms with Crippen LogP contribution in [0, 0.1) is 17.7 Å². The predicted molar refractivity (Wildman–Crippen MR) is 120 cm³/mol. The summed E-state index contributed by atoms with van der Waals surface area (Å²) < 4.78 is 16.0. The minimum absolute atomic E-state index is 0.00672. The fourth-order valence-electron chi connectivity index (χ4n) is 4.74. The van der Waals surface area contributed by atoms with Crippen molar-refractivity contribution in [1.82, 2.24) is 29.9 Å². The molecule has 3 atom stereocenters. The van der Waals surface area contributed by atoms with Gasteiger partial charge >= 0.3 is 5.69 Å². The van der Waals surface area contributed by atoms with Gasteiger partial charge in [0.1, 0.15) is 17.5 Å². The van der Waals surface area contributed by atoms with Crippen molar-refractivity contribution in [2.75, 3.05) is 10.6 Å². The Hall–Kier alpha value is -4.41. The Balaban J connectivity index is 1.22. The zero-order valence-corrected chi connectivity index (χ0v) is 17.8. The fourth-order valence-corrected chi connectivity index (χ4v) is 4.74. The maximum absolute atomic E-state index is 14.9. The van der Waals surface area contributed by atoms with Crippen LogP contribution in [0.15, 0.2) is 59.8 Å². The molecule has 170 valence electrons. The van der Waals surface area contributed by atoms with Gasteiger partial charge in [0.2, 0.25) is 5.91 Å². The summed E-state index contributed by atoms with van der Waals surface area (Å²) in [6, 6.07) is 9.81. The molecule has 6 rings (SSSR count). The maximum Gasteiger partial charge on any atom is 0.354 e. The Morgan fingerprint density at radius 1 is 1.15 bits per heavy atom. The number of amides is 1. The van der Waals surface area contributed by atoms with Gasteiger partial charge in [-0.2, -0.15) is 20.3 Å². The lowest BCUT2D eigenvalue weighted by atomic mass is 9.95. The number of carbonyl (C=O) groups excluding carboxylic acids is 1. The number of anilines is 2. The number of hydrogen-bond acceptors (Lipinski definition) is 7. The quantitative estimate of drug-likeness (QED) is 0.465. The highest BCUT2D eigenvalue weighted by molar-refractivity contribution is 5.99. The lowest BCUT2D eigenvalue weighted by Crippen LogP contribution is -2.32. The summed E-state index contributed by atoms with van der Waals surface area (Å²) in [5, 5.41) is 14.9. The third-order valence-corrected chi connectivity index (χ3v) is 6.46. The molecular formula is C23H19FN8O2. The molecule has 0 radical (unpaired) electrons. The molecule has 2 fully saturated rings. The van der Waals surface area contributed by atoms with E-state index >= 15 is 0 Å². The Morgan fingerprint density at radius 3 is 2.79 bits per heavy atom. The number of fused-ring (bicyclic) bond motifs is 1. The monoisotopic (exact) mass is 458 g/mol. The topological polar surface area (TPSA) is 136 Å². The molecule has 3 unspecified atom stereocenters. The summed E-state index contributed by atoms with van der Waals surface area (Å²) in [5.41, 5.74) is 7.11. The highest BCUT2D eigenvalue weighted by atomic mass is 19.1. The predicted octanol–water partition coefficient (Wildman–Crippen LogP) is 1.73. The summed E-state index contributed by atoms with van der Waals surface area (Å²) >= 11 is 0. The Labute approximate surface area is 192 Å². The van der Waals surface area contributed by atoms with Crippen LogP contribution in [0.5, 0.6) is 0 Å². The Bertz CT molecular complexity index is 1470. The number of rotatable bonds is 5. The van der Waals surface area contributed by atoms with Crippen molar-refractivity contribution >= 4 is 17.5 Å². The Kier molecular flexibility index (Phi) is 4.51. The molecule has 10 nitrogen and oxygen atoms in total. The van der Waals surface area contributed by atoms with Crippen LogP contribution >= 0.6 is 0 Å². The number of halogens is 1. The highest BCUT2D eigenvalue weighted by Gasteiger charge is 2.59. The lowest BCUT2D eigenvalue weighted by Gasteiger charge is -2.19. The van der Waals surface area contributed by atoms with Crippen molar-refractivity contribution in [3.05, 3.63) is 76.9 Å². The average molecular weight is 458 g/mol. The number of aromatic nitrogens is 6. The third kappa shape index (κ3) is 3.33. The van der Waals surface area contributed by atoms with E-state index in [-0.39, 0.29) is 35.3 Å². The van der Waals surface area contributed by atoms with Crippen molar-refractivity contribution in [3.63, 3.8) is 0 Å². The van der Waals surface area contributed by atoms with Gasteiger partial charge in [-0.15, -0.1) is 0 Å². The summed E-state index contributed by atoms with van der Waals surface area (Å²) in [7, 11) is 0. The van der Waals surface area contributed by atoms with Crippen LogP contribution < -0.4 is 16.3 Å². The number of hydrogen-bond donors (Lipinski definition) is 2. The van der Waals surface area contributed by atoms with E-state index in [9.17, 15) is 14.0 Å². The number of nitrogens with one attached hydrogen (secondary N) is 1. The molecule has 1 saturated carbocycles. The van der Waals surface area contributed by atoms with E-state index in [1.54, 1.807) is 29.4 Å². The van der Waals surface area contributed by atoms with Crippen LogP contribution in [0.25, 0.3) is 16.9 Å². The first kappa shape index (κ1) is 20.2. The van der Waals surface area contributed by atoms with Gasteiger partial charge in [0.05, 0.1) is 23.8 Å². The molecule has 2 aliphatic rings. The fraction of sp³-hybridized carbons (Fsp3) is 0.217.